The van der Waals surface area contributed by atoms with Crippen LogP contribution in [0.4, 0.5) is 5.69 Å². The van der Waals surface area contributed by atoms with Gasteiger partial charge in [0.1, 0.15) is 10.6 Å². The molecule has 2 N–H and O–H groups in total. The van der Waals surface area contributed by atoms with Crippen LogP contribution in [0.2, 0.25) is 0 Å². The molecule has 13 heteroatoms. The number of carbonyl (C=O) groups excluding carboxylic acids is 1. The van der Waals surface area contributed by atoms with E-state index >= 15 is 0 Å². The highest BCUT2D eigenvalue weighted by molar-refractivity contribution is 7.89. The Hall–Kier alpha value is -3.81. The third kappa shape index (κ3) is 6.18. The van der Waals surface area contributed by atoms with Gasteiger partial charge in [-0.1, -0.05) is 12.1 Å². The lowest BCUT2D eigenvalue weighted by Gasteiger charge is -2.16. The average molecular weight is 546 g/mol. The number of hydrogen-bond donors (Lipinski definition) is 2. The van der Waals surface area contributed by atoms with Gasteiger partial charge in [-0.25, -0.2) is 13.1 Å². The van der Waals surface area contributed by atoms with Gasteiger partial charge in [0.25, 0.3) is 11.6 Å². The molecule has 0 bridgehead atoms. The van der Waals surface area contributed by atoms with Gasteiger partial charge in [-0.05, 0) is 57.9 Å². The molecule has 3 rings (SSSR count). The van der Waals surface area contributed by atoms with Crippen LogP contribution in [0.1, 0.15) is 41.0 Å². The van der Waals surface area contributed by atoms with Crippen molar-refractivity contribution in [1.82, 2.24) is 19.8 Å². The molecule has 12 nitrogen and oxygen atoms in total. The van der Waals surface area contributed by atoms with Gasteiger partial charge in [0, 0.05) is 37.4 Å². The lowest BCUT2D eigenvalue weighted by atomic mass is 10.1. The first-order valence-corrected chi connectivity index (χ1v) is 13.3. The molecule has 3 aromatic rings. The molecule has 0 unspecified atom stereocenters. The minimum absolute atomic E-state index is 0.0728. The van der Waals surface area contributed by atoms with Gasteiger partial charge in [0.05, 0.1) is 17.2 Å². The van der Waals surface area contributed by atoms with Crippen LogP contribution in [0.25, 0.3) is 5.69 Å². The summed E-state index contributed by atoms with van der Waals surface area (Å²) in [5.41, 5.74) is 2.45. The number of aryl methyl sites for hydroxylation is 1. The number of non-ortho nitro benzene ring substituents is 1. The minimum atomic E-state index is -4.20. The molecule has 0 radical (unpaired) electrons. The number of hydrogen-bond acceptors (Lipinski definition) is 8. The number of methoxy groups -OCH3 is 1. The van der Waals surface area contributed by atoms with E-state index < -0.39 is 37.5 Å². The first kappa shape index (κ1) is 28.8. The van der Waals surface area contributed by atoms with Crippen molar-refractivity contribution in [2.24, 2.45) is 0 Å². The van der Waals surface area contributed by atoms with Crippen LogP contribution in [0.5, 0.6) is 11.6 Å². The van der Waals surface area contributed by atoms with Crippen LogP contribution in [0, 0.1) is 30.9 Å². The summed E-state index contributed by atoms with van der Waals surface area (Å²) in [4.78, 5) is 23.2. The van der Waals surface area contributed by atoms with Gasteiger partial charge in [-0.2, -0.15) is 9.78 Å². The average Bonchev–Trinajstić information content (AvgIpc) is 3.16. The van der Waals surface area contributed by atoms with Crippen LogP contribution < -0.4 is 14.8 Å². The summed E-state index contributed by atoms with van der Waals surface area (Å²) >= 11 is 0. The van der Waals surface area contributed by atoms with Gasteiger partial charge in [-0.15, -0.1) is 0 Å². The van der Waals surface area contributed by atoms with Crippen molar-refractivity contribution in [2.75, 3.05) is 20.3 Å². The molecule has 1 heterocycles. The Bertz CT molecular complexity index is 1460. The molecule has 2 aromatic carbocycles. The Balaban J connectivity index is 2.22. The molecule has 1 amide bonds. The van der Waals surface area contributed by atoms with Crippen molar-refractivity contribution in [1.29, 1.82) is 0 Å². The topological polar surface area (TPSA) is 155 Å². The smallest absolute Gasteiger partial charge is 0.272 e. The van der Waals surface area contributed by atoms with Crippen molar-refractivity contribution in [2.45, 2.75) is 45.6 Å². The van der Waals surface area contributed by atoms with Gasteiger partial charge >= 0.3 is 0 Å². The number of nitrogens with one attached hydrogen (secondary N) is 2. The molecule has 0 spiro atoms. The summed E-state index contributed by atoms with van der Waals surface area (Å²) < 4.78 is 41.2. The molecule has 0 aliphatic heterocycles. The van der Waals surface area contributed by atoms with E-state index in [9.17, 15) is 23.3 Å². The third-order valence-electron chi connectivity index (χ3n) is 5.70. The zero-order valence-electron chi connectivity index (χ0n) is 22.1. The highest BCUT2D eigenvalue weighted by atomic mass is 32.2. The Morgan fingerprint density at radius 2 is 1.87 bits per heavy atom. The highest BCUT2D eigenvalue weighted by Crippen LogP contribution is 2.36. The number of nitrogens with zero attached hydrogens (tertiary/aromatic N) is 3. The number of benzene rings is 2. The number of sulfonamides is 1. The predicted octanol–water partition coefficient (Wildman–Crippen LogP) is 3.56. The van der Waals surface area contributed by atoms with Crippen LogP contribution in [-0.2, 0) is 14.8 Å². The zero-order chi connectivity index (χ0) is 28.2. The van der Waals surface area contributed by atoms with E-state index in [-0.39, 0.29) is 23.9 Å². The largest absolute Gasteiger partial charge is 0.437 e. The Labute approximate surface area is 221 Å². The maximum atomic E-state index is 13.1. The fourth-order valence-electron chi connectivity index (χ4n) is 3.68. The van der Waals surface area contributed by atoms with Crippen molar-refractivity contribution in [3.8, 4) is 17.3 Å². The number of nitro groups is 1. The normalized spacial score (nSPS) is 11.6. The molecule has 0 aliphatic carbocycles. The maximum absolute atomic E-state index is 13.1. The van der Waals surface area contributed by atoms with Crippen molar-refractivity contribution >= 4 is 21.6 Å². The molecular formula is C25H31N5O7S. The standard InChI is InChI=1S/C25H31N5O7S/c1-15(2)28-38(34,35)22-14-19(30(32)33)10-11-21(22)37-25-18(5)23(24(31)26-12-13-36-6)27-29(25)20-9-7-8-16(3)17(20)4/h7-11,14-15,28H,12-13H2,1-6H3,(H,26,31). The molecule has 0 fully saturated rings. The van der Waals surface area contributed by atoms with Gasteiger partial charge < -0.3 is 14.8 Å². The van der Waals surface area contributed by atoms with Gasteiger partial charge in [-0.3, -0.25) is 14.9 Å². The number of nitro benzene ring substituents is 1. The highest BCUT2D eigenvalue weighted by Gasteiger charge is 2.28. The van der Waals surface area contributed by atoms with E-state index in [4.69, 9.17) is 9.47 Å². The zero-order valence-corrected chi connectivity index (χ0v) is 22.9. The van der Waals surface area contributed by atoms with E-state index in [0.29, 0.717) is 17.9 Å². The fourth-order valence-corrected chi connectivity index (χ4v) is 5.08. The van der Waals surface area contributed by atoms with E-state index in [1.165, 1.54) is 17.9 Å². The number of aromatic nitrogens is 2. The summed E-state index contributed by atoms with van der Waals surface area (Å²) in [6.45, 7) is 9.25. The molecule has 0 atom stereocenters. The lowest BCUT2D eigenvalue weighted by Crippen LogP contribution is -2.30. The second kappa shape index (κ2) is 11.7. The van der Waals surface area contributed by atoms with Crippen molar-refractivity contribution < 1.29 is 27.6 Å². The van der Waals surface area contributed by atoms with E-state index in [0.717, 1.165) is 23.3 Å². The molecule has 38 heavy (non-hydrogen) atoms. The first-order valence-electron chi connectivity index (χ1n) is 11.8. The maximum Gasteiger partial charge on any atom is 0.272 e. The molecular weight excluding hydrogens is 514 g/mol. The number of rotatable bonds is 11. The first-order chi connectivity index (χ1) is 17.9. The Morgan fingerprint density at radius 1 is 1.16 bits per heavy atom. The van der Waals surface area contributed by atoms with Crippen LogP contribution in [0.15, 0.2) is 41.3 Å². The van der Waals surface area contributed by atoms with Crippen LogP contribution in [0.3, 0.4) is 0 Å². The van der Waals surface area contributed by atoms with Crippen molar-refractivity contribution in [3.05, 3.63) is 68.9 Å². The monoisotopic (exact) mass is 545 g/mol. The molecule has 0 aliphatic rings. The third-order valence-corrected chi connectivity index (χ3v) is 7.38. The molecule has 204 valence electrons. The van der Waals surface area contributed by atoms with E-state index in [1.54, 1.807) is 26.8 Å². The molecule has 0 saturated heterocycles. The number of amides is 1. The Kier molecular flexibility index (Phi) is 8.86. The lowest BCUT2D eigenvalue weighted by molar-refractivity contribution is -0.385. The predicted molar refractivity (Wildman–Crippen MR) is 141 cm³/mol. The number of ether oxygens (including phenoxy) is 2. The van der Waals surface area contributed by atoms with Crippen molar-refractivity contribution in [3.63, 3.8) is 0 Å². The van der Waals surface area contributed by atoms with Crippen LogP contribution >= 0.6 is 0 Å². The van der Waals surface area contributed by atoms with Crippen LogP contribution in [-0.4, -0.2) is 55.3 Å². The second-order valence-corrected chi connectivity index (χ2v) is 10.6. The molecule has 0 saturated carbocycles. The summed E-state index contributed by atoms with van der Waals surface area (Å²) in [5.74, 6) is -0.540. The second-order valence-electron chi connectivity index (χ2n) is 8.92. The van der Waals surface area contributed by atoms with Gasteiger partial charge in [0.15, 0.2) is 5.69 Å². The number of carbonyl (C=O) groups is 1. The SMILES string of the molecule is COCCNC(=O)c1nn(-c2cccc(C)c2C)c(Oc2ccc([N+](=O)[O-])cc2S(=O)(=O)NC(C)C)c1C. The fraction of sp³-hybridized carbons (Fsp3) is 0.360. The quantitative estimate of drug-likeness (QED) is 0.211. The Morgan fingerprint density at radius 3 is 2.50 bits per heavy atom. The summed E-state index contributed by atoms with van der Waals surface area (Å²) in [7, 11) is -2.68. The minimum Gasteiger partial charge on any atom is -0.437 e. The van der Waals surface area contributed by atoms with E-state index in [1.807, 2.05) is 26.0 Å². The summed E-state index contributed by atoms with van der Waals surface area (Å²) in [5, 5.41) is 18.6. The summed E-state index contributed by atoms with van der Waals surface area (Å²) in [6.07, 6.45) is 0. The molecule has 1 aromatic heterocycles. The van der Waals surface area contributed by atoms with E-state index in [2.05, 4.69) is 15.1 Å². The van der Waals surface area contributed by atoms with Gasteiger partial charge in [0.2, 0.25) is 15.9 Å². The summed E-state index contributed by atoms with van der Waals surface area (Å²) in [6, 6.07) is 8.37.